The number of hydrogen-bond acceptors (Lipinski definition) is 1. The lowest BCUT2D eigenvalue weighted by Crippen LogP contribution is -2.18. The van der Waals surface area contributed by atoms with E-state index in [1.807, 2.05) is 0 Å². The van der Waals surface area contributed by atoms with Gasteiger partial charge in [-0.25, -0.2) is 8.78 Å². The second-order valence-corrected chi connectivity index (χ2v) is 5.73. The van der Waals surface area contributed by atoms with Crippen LogP contribution < -0.4 is 5.32 Å². The van der Waals surface area contributed by atoms with Crippen LogP contribution in [0.25, 0.3) is 0 Å². The fraction of sp³-hybridized carbons (Fsp3) is 0.333. The summed E-state index contributed by atoms with van der Waals surface area (Å²) in [5.74, 6) is -1.59. The highest BCUT2D eigenvalue weighted by Gasteiger charge is 2.13. The van der Waals surface area contributed by atoms with Crippen LogP contribution in [0.15, 0.2) is 36.4 Å². The van der Waals surface area contributed by atoms with Crippen molar-refractivity contribution >= 4 is 0 Å². The molecular weight excluding hydrogens is 268 g/mol. The first kappa shape index (κ1) is 14.2. The molecule has 1 N–H and O–H groups in total. The normalized spacial score (nSPS) is 15.0. The van der Waals surface area contributed by atoms with Gasteiger partial charge in [0.2, 0.25) is 0 Å². The van der Waals surface area contributed by atoms with Crippen LogP contribution in [0, 0.1) is 11.6 Å². The molecule has 0 aliphatic heterocycles. The summed E-state index contributed by atoms with van der Waals surface area (Å²) in [5, 5.41) is 3.36. The molecule has 0 bridgehead atoms. The average Bonchev–Trinajstić information content (AvgIpc) is 2.95. The topological polar surface area (TPSA) is 12.0 Å². The predicted octanol–water partition coefficient (Wildman–Crippen LogP) is 4.30. The van der Waals surface area contributed by atoms with Crippen LogP contribution in [0.1, 0.15) is 41.6 Å². The molecule has 0 amide bonds. The number of hydrogen-bond donors (Lipinski definition) is 1. The summed E-state index contributed by atoms with van der Waals surface area (Å²) in [7, 11) is 0. The zero-order valence-corrected chi connectivity index (χ0v) is 12.1. The first-order valence-corrected chi connectivity index (χ1v) is 7.42. The van der Waals surface area contributed by atoms with E-state index in [0.29, 0.717) is 6.54 Å². The second-order valence-electron chi connectivity index (χ2n) is 5.73. The van der Waals surface area contributed by atoms with Crippen LogP contribution in [0.4, 0.5) is 8.78 Å². The molecule has 21 heavy (non-hydrogen) atoms. The summed E-state index contributed by atoms with van der Waals surface area (Å²) < 4.78 is 26.1. The Labute approximate surface area is 124 Å². The van der Waals surface area contributed by atoms with E-state index in [-0.39, 0.29) is 6.04 Å². The number of benzene rings is 2. The standard InChI is InChI=1S/C18H19F2N/c1-12(15-7-6-14-3-2-4-16(14)10-15)21-11-13-5-8-17(19)18(20)9-13/h5-10,12,21H,2-4,11H2,1H3. The Morgan fingerprint density at radius 3 is 2.62 bits per heavy atom. The van der Waals surface area contributed by atoms with Crippen molar-refractivity contribution in [1.82, 2.24) is 5.32 Å². The predicted molar refractivity (Wildman–Crippen MR) is 80.1 cm³/mol. The van der Waals surface area contributed by atoms with Crippen LogP contribution in [-0.2, 0) is 19.4 Å². The highest BCUT2D eigenvalue weighted by Crippen LogP contribution is 2.25. The Morgan fingerprint density at radius 1 is 1.00 bits per heavy atom. The Balaban J connectivity index is 1.66. The summed E-state index contributed by atoms with van der Waals surface area (Å²) in [6, 6.07) is 10.9. The van der Waals surface area contributed by atoms with E-state index in [1.54, 1.807) is 6.07 Å². The molecule has 1 aliphatic carbocycles. The first-order valence-electron chi connectivity index (χ1n) is 7.42. The van der Waals surface area contributed by atoms with Gasteiger partial charge in [0.1, 0.15) is 0 Å². The second kappa shape index (κ2) is 5.94. The van der Waals surface area contributed by atoms with Crippen molar-refractivity contribution in [3.8, 4) is 0 Å². The van der Waals surface area contributed by atoms with Gasteiger partial charge in [-0.05, 0) is 60.6 Å². The molecule has 1 unspecified atom stereocenters. The van der Waals surface area contributed by atoms with Crippen molar-refractivity contribution in [3.63, 3.8) is 0 Å². The van der Waals surface area contributed by atoms with Crippen LogP contribution in [0.2, 0.25) is 0 Å². The van der Waals surface area contributed by atoms with Gasteiger partial charge in [-0.1, -0.05) is 24.3 Å². The Kier molecular flexibility index (Phi) is 4.02. The molecule has 110 valence electrons. The summed E-state index contributed by atoms with van der Waals surface area (Å²) in [5.41, 5.74) is 4.92. The highest BCUT2D eigenvalue weighted by atomic mass is 19.2. The van der Waals surface area contributed by atoms with Crippen molar-refractivity contribution in [2.75, 3.05) is 0 Å². The number of rotatable bonds is 4. The first-order chi connectivity index (χ1) is 10.1. The molecule has 0 fully saturated rings. The molecule has 1 aliphatic rings. The van der Waals surface area contributed by atoms with E-state index < -0.39 is 11.6 Å². The van der Waals surface area contributed by atoms with E-state index >= 15 is 0 Å². The largest absolute Gasteiger partial charge is 0.306 e. The van der Waals surface area contributed by atoms with E-state index in [9.17, 15) is 8.78 Å². The molecule has 1 atom stereocenters. The highest BCUT2D eigenvalue weighted by molar-refractivity contribution is 5.36. The van der Waals surface area contributed by atoms with Crippen LogP contribution in [-0.4, -0.2) is 0 Å². The summed E-state index contributed by atoms with van der Waals surface area (Å²) in [4.78, 5) is 0. The molecule has 0 aromatic heterocycles. The third-order valence-corrected chi connectivity index (χ3v) is 4.22. The maximum atomic E-state index is 13.2. The fourth-order valence-corrected chi connectivity index (χ4v) is 2.90. The van der Waals surface area contributed by atoms with Crippen LogP contribution in [0.5, 0.6) is 0 Å². The number of aryl methyl sites for hydroxylation is 2. The summed E-state index contributed by atoms with van der Waals surface area (Å²) >= 11 is 0. The molecule has 0 radical (unpaired) electrons. The third kappa shape index (κ3) is 3.13. The monoisotopic (exact) mass is 287 g/mol. The molecule has 3 heteroatoms. The molecule has 0 saturated heterocycles. The van der Waals surface area contributed by atoms with E-state index in [1.165, 1.54) is 48.1 Å². The molecule has 0 heterocycles. The average molecular weight is 287 g/mol. The third-order valence-electron chi connectivity index (χ3n) is 4.22. The molecule has 0 spiro atoms. The van der Waals surface area contributed by atoms with Gasteiger partial charge >= 0.3 is 0 Å². The molecule has 3 rings (SSSR count). The van der Waals surface area contributed by atoms with Gasteiger partial charge in [0, 0.05) is 12.6 Å². The van der Waals surface area contributed by atoms with Crippen molar-refractivity contribution in [2.24, 2.45) is 0 Å². The molecule has 2 aromatic carbocycles. The molecule has 2 aromatic rings. The van der Waals surface area contributed by atoms with Crippen molar-refractivity contribution in [2.45, 2.75) is 38.8 Å². The number of halogens is 2. The van der Waals surface area contributed by atoms with E-state index in [0.717, 1.165) is 5.56 Å². The van der Waals surface area contributed by atoms with Crippen molar-refractivity contribution < 1.29 is 8.78 Å². The van der Waals surface area contributed by atoms with Gasteiger partial charge in [-0.2, -0.15) is 0 Å². The SMILES string of the molecule is CC(NCc1ccc(F)c(F)c1)c1ccc2c(c1)CCC2. The zero-order chi connectivity index (χ0) is 14.8. The Bertz CT molecular complexity index is 652. The van der Waals surface area contributed by atoms with Gasteiger partial charge in [0.05, 0.1) is 0 Å². The quantitative estimate of drug-likeness (QED) is 0.884. The molecule has 1 nitrogen and oxygen atoms in total. The minimum absolute atomic E-state index is 0.184. The van der Waals surface area contributed by atoms with E-state index in [4.69, 9.17) is 0 Å². The molecule has 0 saturated carbocycles. The van der Waals surface area contributed by atoms with Crippen molar-refractivity contribution in [3.05, 3.63) is 70.3 Å². The maximum absolute atomic E-state index is 13.2. The Morgan fingerprint density at radius 2 is 1.81 bits per heavy atom. The van der Waals surface area contributed by atoms with Gasteiger partial charge in [-0.15, -0.1) is 0 Å². The smallest absolute Gasteiger partial charge is 0.159 e. The van der Waals surface area contributed by atoms with Gasteiger partial charge < -0.3 is 5.32 Å². The number of fused-ring (bicyclic) bond motifs is 1. The lowest BCUT2D eigenvalue weighted by molar-refractivity contribution is 0.504. The lowest BCUT2D eigenvalue weighted by atomic mass is 10.0. The summed E-state index contributed by atoms with van der Waals surface area (Å²) in [6.45, 7) is 2.62. The van der Waals surface area contributed by atoms with Gasteiger partial charge in [-0.3, -0.25) is 0 Å². The number of nitrogens with one attached hydrogen (secondary N) is 1. The molecular formula is C18H19F2N. The fourth-order valence-electron chi connectivity index (χ4n) is 2.90. The van der Waals surface area contributed by atoms with Gasteiger partial charge in [0.25, 0.3) is 0 Å². The van der Waals surface area contributed by atoms with Crippen molar-refractivity contribution in [1.29, 1.82) is 0 Å². The Hall–Kier alpha value is -1.74. The van der Waals surface area contributed by atoms with Gasteiger partial charge in [0.15, 0.2) is 11.6 Å². The zero-order valence-electron chi connectivity index (χ0n) is 12.1. The maximum Gasteiger partial charge on any atom is 0.159 e. The summed E-state index contributed by atoms with van der Waals surface area (Å²) in [6.07, 6.45) is 3.60. The minimum atomic E-state index is -0.801. The van der Waals surface area contributed by atoms with Crippen LogP contribution in [0.3, 0.4) is 0 Å². The van der Waals surface area contributed by atoms with Crippen LogP contribution >= 0.6 is 0 Å². The minimum Gasteiger partial charge on any atom is -0.306 e. The van der Waals surface area contributed by atoms with E-state index in [2.05, 4.69) is 30.4 Å². The lowest BCUT2D eigenvalue weighted by Gasteiger charge is -2.16.